The van der Waals surface area contributed by atoms with Crippen molar-refractivity contribution >= 4 is 132 Å². The highest BCUT2D eigenvalue weighted by molar-refractivity contribution is 7.81. The van der Waals surface area contributed by atoms with Crippen LogP contribution in [0.25, 0.3) is 50.2 Å². The van der Waals surface area contributed by atoms with Gasteiger partial charge >= 0.3 is 17.9 Å². The van der Waals surface area contributed by atoms with Crippen LogP contribution in [-0.2, 0) is 9.47 Å². The molecule has 0 spiro atoms. The Bertz CT molecular complexity index is 4880. The van der Waals surface area contributed by atoms with Crippen molar-refractivity contribution in [3.63, 3.8) is 0 Å². The molecule has 94 heavy (non-hydrogen) atoms. The minimum absolute atomic E-state index is 0.0862. The topological polar surface area (TPSA) is 400 Å². The van der Waals surface area contributed by atoms with E-state index in [9.17, 15) is 19.2 Å². The number of anilines is 2. The van der Waals surface area contributed by atoms with E-state index in [4.69, 9.17) is 95.5 Å². The molecule has 1 amide bonds. The lowest BCUT2D eigenvalue weighted by Crippen LogP contribution is -2.16. The third-order valence-corrected chi connectivity index (χ3v) is 13.5. The van der Waals surface area contributed by atoms with Crippen LogP contribution in [0.5, 0.6) is 0 Å². The number of thiocarbonyl (C=S) groups is 4. The zero-order chi connectivity index (χ0) is 68.5. The third kappa shape index (κ3) is 17.8. The Balaban J connectivity index is 0.000000168. The van der Waals surface area contributed by atoms with Crippen LogP contribution in [0.2, 0.25) is 0 Å². The molecular formula is C62H59N19O9S4. The summed E-state index contributed by atoms with van der Waals surface area (Å²) >= 11 is 19.0. The van der Waals surface area contributed by atoms with Gasteiger partial charge in [0.15, 0.2) is 17.1 Å². The Morgan fingerprint density at radius 3 is 1.34 bits per heavy atom. The van der Waals surface area contributed by atoms with Gasteiger partial charge in [0.1, 0.15) is 43.2 Å². The number of carboxylic acids is 1. The fourth-order valence-corrected chi connectivity index (χ4v) is 8.51. The van der Waals surface area contributed by atoms with Gasteiger partial charge in [-0.25, -0.2) is 39.2 Å². The number of amides is 1. The minimum Gasteiger partial charge on any atom is -0.477 e. The summed E-state index contributed by atoms with van der Waals surface area (Å²) in [6.45, 7) is 20.1. The van der Waals surface area contributed by atoms with E-state index in [0.29, 0.717) is 109 Å². The number of imidazole rings is 4. The van der Waals surface area contributed by atoms with Gasteiger partial charge in [-0.3, -0.25) is 18.0 Å². The molecular weight excluding hydrogens is 1280 g/mol. The van der Waals surface area contributed by atoms with E-state index < -0.39 is 17.9 Å². The highest BCUT2D eigenvalue weighted by Gasteiger charge is 2.18. The van der Waals surface area contributed by atoms with Crippen molar-refractivity contribution in [1.82, 2.24) is 57.8 Å². The number of nitrogen functional groups attached to an aromatic ring is 1. The molecule has 0 unspecified atom stereocenters. The second-order valence-electron chi connectivity index (χ2n) is 19.5. The lowest BCUT2D eigenvalue weighted by Gasteiger charge is -2.10. The fourth-order valence-electron chi connectivity index (χ4n) is 8.15. The molecule has 12 aromatic rings. The van der Waals surface area contributed by atoms with E-state index in [0.717, 1.165) is 27.9 Å². The summed E-state index contributed by atoms with van der Waals surface area (Å²) < 4.78 is 26.0. The summed E-state index contributed by atoms with van der Waals surface area (Å²) in [5, 5.41) is 19.5. The van der Waals surface area contributed by atoms with Crippen LogP contribution in [0.4, 0.5) is 17.1 Å². The molecule has 12 rings (SSSR count). The molecule has 28 nitrogen and oxygen atoms in total. The number of carbonyl (C=O) groups is 4. The number of rotatable bonds is 12. The van der Waals surface area contributed by atoms with Gasteiger partial charge in [-0.2, -0.15) is 9.97 Å². The van der Waals surface area contributed by atoms with E-state index in [1.54, 1.807) is 127 Å². The van der Waals surface area contributed by atoms with Crippen molar-refractivity contribution in [2.24, 2.45) is 22.9 Å². The molecule has 0 aliphatic rings. The lowest BCUT2D eigenvalue weighted by molar-refractivity contribution is 0.0508. The summed E-state index contributed by atoms with van der Waals surface area (Å²) in [6.07, 6.45) is 12.2. The average Bonchev–Trinajstić information content (AvgIpc) is 1.66. The third-order valence-electron chi connectivity index (χ3n) is 12.7. The molecule has 10 aromatic heterocycles. The maximum absolute atomic E-state index is 12.9. The summed E-state index contributed by atoms with van der Waals surface area (Å²) in [6, 6.07) is 25.0. The summed E-state index contributed by atoms with van der Waals surface area (Å²) in [4.78, 5) is 76.2. The normalized spacial score (nSPS) is 10.3. The second-order valence-corrected chi connectivity index (χ2v) is 21.5. The van der Waals surface area contributed by atoms with Crippen molar-refractivity contribution in [2.75, 3.05) is 24.3 Å². The number of aromatic nitrogens is 12. The van der Waals surface area contributed by atoms with Gasteiger partial charge in [-0.15, -0.1) is 0 Å². The highest BCUT2D eigenvalue weighted by atomic mass is 32.1. The number of aromatic carboxylic acids is 1. The van der Waals surface area contributed by atoms with Crippen LogP contribution in [-0.4, -0.2) is 120 Å². The zero-order valence-electron chi connectivity index (χ0n) is 51.2. The molecule has 0 fully saturated rings. The Labute approximate surface area is 556 Å². The number of fused-ring (bicyclic) bond motifs is 4. The first-order chi connectivity index (χ1) is 44.8. The summed E-state index contributed by atoms with van der Waals surface area (Å²) in [5.74, 6) is -0.130. The van der Waals surface area contributed by atoms with Gasteiger partial charge in [0.2, 0.25) is 29.1 Å². The smallest absolute Gasteiger partial charge is 0.356 e. The first-order valence-electron chi connectivity index (χ1n) is 27.7. The van der Waals surface area contributed by atoms with Crippen LogP contribution in [0, 0.1) is 34.3 Å². The first-order valence-corrected chi connectivity index (χ1v) is 29.3. The number of aryl methyl sites for hydroxylation is 4. The number of ether oxygens (including phenoxy) is 2. The van der Waals surface area contributed by atoms with Crippen LogP contribution < -0.4 is 34.0 Å². The molecule has 12 N–H and O–H groups in total. The van der Waals surface area contributed by atoms with Crippen molar-refractivity contribution in [3.05, 3.63) is 208 Å². The average molecular weight is 1340 g/mol. The van der Waals surface area contributed by atoms with E-state index in [1.807, 2.05) is 44.2 Å². The number of benzene rings is 2. The maximum atomic E-state index is 12.9. The molecule has 0 aliphatic heterocycles. The molecule has 32 heteroatoms. The minimum atomic E-state index is -1.04. The van der Waals surface area contributed by atoms with E-state index >= 15 is 0 Å². The Morgan fingerprint density at radius 2 is 0.947 bits per heavy atom. The molecule has 0 saturated carbocycles. The number of pyridine rings is 4. The van der Waals surface area contributed by atoms with Gasteiger partial charge in [0.25, 0.3) is 5.91 Å². The van der Waals surface area contributed by atoms with Crippen molar-refractivity contribution < 1.29 is 42.8 Å². The number of esters is 2. The van der Waals surface area contributed by atoms with Crippen LogP contribution in [0.15, 0.2) is 144 Å². The standard InChI is InChI=1S/C19H16N6O2S.C11H11N3O2S.C11H9N3O2.C10H11N3O.C9H7N3O2S.C2H5NS/c1-10-3-4-12(18-22-11(2)27-24-18)7-14(10)23-19(26)15-8-21-16-6-5-13(17(20)28)9-25(15)16;1-2-16-11(15)8-5-13-9-4-3-7(10(12)17)6-14(8)9;1-3-16-11(15)9-6-13-10-5-4-8(12-2)7-14(9)10;1-6-3-4-8(5-9(6)11)10-12-7(2)14-13-10;10-8(15)5-1-2-7-11-3-6(9(13)14)12(7)4-5;1-2(3)4/h3-9H,1-2H3,(H2,20,28)(H,23,26);3-6H,2H2,1H3,(H2,12,17);4-7H,3H2,1H3;3-5H,11H2,1-2H3;1-4H,(H2,10,15)(H,13,14);1H3,(H2,3,4). The predicted molar refractivity (Wildman–Crippen MR) is 367 cm³/mol. The van der Waals surface area contributed by atoms with Gasteiger partial charge in [-0.05, 0) is 100 Å². The largest absolute Gasteiger partial charge is 0.477 e. The van der Waals surface area contributed by atoms with Crippen LogP contribution >= 0.6 is 48.9 Å². The molecule has 0 atom stereocenters. The lowest BCUT2D eigenvalue weighted by atomic mass is 10.1. The Morgan fingerprint density at radius 1 is 0.564 bits per heavy atom. The zero-order valence-corrected chi connectivity index (χ0v) is 54.4. The monoisotopic (exact) mass is 1340 g/mol. The van der Waals surface area contributed by atoms with Crippen LogP contribution in [0.3, 0.4) is 0 Å². The number of hydrogen-bond acceptors (Lipinski definition) is 21. The number of nitrogens with zero attached hydrogens (tertiary/aromatic N) is 13. The fraction of sp³-hybridized carbons (Fsp3) is 0.145. The highest BCUT2D eigenvalue weighted by Crippen LogP contribution is 2.25. The summed E-state index contributed by atoms with van der Waals surface area (Å²) in [5.41, 5.74) is 38.2. The first kappa shape index (κ1) is 69.7. The van der Waals surface area contributed by atoms with Crippen molar-refractivity contribution in [3.8, 4) is 22.8 Å². The molecule has 480 valence electrons. The van der Waals surface area contributed by atoms with E-state index in [-0.39, 0.29) is 26.6 Å². The molecule has 0 aliphatic carbocycles. The quantitative estimate of drug-likeness (QED) is 0.0259. The molecule has 10 heterocycles. The molecule has 2 aromatic carbocycles. The molecule has 0 saturated heterocycles. The van der Waals surface area contributed by atoms with Gasteiger partial charge in [0.05, 0.1) is 49.6 Å². The number of hydrogen-bond donors (Lipinski definition) is 7. The van der Waals surface area contributed by atoms with Gasteiger partial charge in [-0.1, -0.05) is 89.5 Å². The SMILES string of the molecule is CC(N)=S.CCOC(=O)c1cnc2ccc(C(N)=S)cn12.Cc1nc(-c2ccc(C)c(N)c2)no1.Cc1nc(-c2ccc(C)c(NC(=O)c3cnc4ccc(C(N)=S)cn34)c2)no1.NC(=S)c1ccc2ncc(C(=O)O)n2c1.[C-]#[N+]c1ccc2ncc(C(=O)OCC)n2c1. The molecule has 0 bridgehead atoms. The number of carboxylic acid groups (broad SMARTS) is 1. The van der Waals surface area contributed by atoms with Crippen molar-refractivity contribution in [1.29, 1.82) is 0 Å². The van der Waals surface area contributed by atoms with Gasteiger partial charge < -0.3 is 62.0 Å². The van der Waals surface area contributed by atoms with Crippen molar-refractivity contribution in [2.45, 2.75) is 48.5 Å². The predicted octanol–water partition coefficient (Wildman–Crippen LogP) is 8.99. The van der Waals surface area contributed by atoms with E-state index in [1.165, 1.54) is 29.2 Å². The van der Waals surface area contributed by atoms with Gasteiger partial charge in [0, 0.05) is 77.8 Å². The summed E-state index contributed by atoms with van der Waals surface area (Å²) in [7, 11) is 0. The Hall–Kier alpha value is -11.8. The van der Waals surface area contributed by atoms with Crippen LogP contribution in [0.1, 0.15) is 102 Å². The van der Waals surface area contributed by atoms with E-state index in [2.05, 4.69) is 62.6 Å². The number of nitrogens with two attached hydrogens (primary N) is 5. The number of carbonyl (C=O) groups excluding carboxylic acids is 3. The Kier molecular flexibility index (Phi) is 23.6. The maximum Gasteiger partial charge on any atom is 0.356 e. The molecule has 0 radical (unpaired) electrons. The second kappa shape index (κ2) is 31.8. The number of nitrogens with one attached hydrogen (secondary N) is 1.